The Hall–Kier alpha value is -2.08. The Morgan fingerprint density at radius 3 is 2.76 bits per heavy atom. The topological polar surface area (TPSA) is 78.9 Å². The van der Waals surface area contributed by atoms with Gasteiger partial charge in [0.05, 0.1) is 30.0 Å². The van der Waals surface area contributed by atoms with Gasteiger partial charge in [-0.25, -0.2) is 9.59 Å². The molecule has 1 heterocycles. The molecule has 1 aromatic carbocycles. The van der Waals surface area contributed by atoms with E-state index in [9.17, 15) is 14.7 Å². The normalized spacial score (nSPS) is 22.0. The number of nitrogens with zero attached hydrogens (tertiary/aromatic N) is 1. The molecule has 1 saturated heterocycles. The second-order valence-corrected chi connectivity index (χ2v) is 5.38. The predicted molar refractivity (Wildman–Crippen MR) is 78.7 cm³/mol. The van der Waals surface area contributed by atoms with Gasteiger partial charge >= 0.3 is 12.0 Å². The number of morpholine rings is 1. The summed E-state index contributed by atoms with van der Waals surface area (Å²) in [4.78, 5) is 25.4. The van der Waals surface area contributed by atoms with E-state index in [1.54, 1.807) is 24.0 Å². The van der Waals surface area contributed by atoms with Crippen molar-refractivity contribution in [1.29, 1.82) is 0 Å². The number of ether oxygens (including phenoxy) is 1. The van der Waals surface area contributed by atoms with E-state index in [1.807, 2.05) is 13.8 Å². The van der Waals surface area contributed by atoms with E-state index in [0.29, 0.717) is 18.8 Å². The fourth-order valence-corrected chi connectivity index (χ4v) is 2.38. The van der Waals surface area contributed by atoms with Gasteiger partial charge in [-0.3, -0.25) is 0 Å². The van der Waals surface area contributed by atoms with Crippen LogP contribution >= 0.6 is 0 Å². The number of aryl methyl sites for hydroxylation is 1. The van der Waals surface area contributed by atoms with Crippen LogP contribution in [0.4, 0.5) is 10.5 Å². The molecular weight excluding hydrogens is 272 g/mol. The predicted octanol–water partition coefficient (Wildman–Crippen LogP) is 2.33. The molecule has 2 rings (SSSR count). The summed E-state index contributed by atoms with van der Waals surface area (Å²) in [6.07, 6.45) is -0.0252. The van der Waals surface area contributed by atoms with Crippen molar-refractivity contribution in [1.82, 2.24) is 4.90 Å². The molecule has 2 unspecified atom stereocenters. The number of anilines is 1. The molecule has 2 amide bonds. The lowest BCUT2D eigenvalue weighted by Crippen LogP contribution is -2.51. The summed E-state index contributed by atoms with van der Waals surface area (Å²) >= 11 is 0. The SMILES string of the molecule is Cc1cccc(C(=O)O)c1NC(=O)N1CC(C)OCC1C. The number of hydrogen-bond acceptors (Lipinski definition) is 3. The lowest BCUT2D eigenvalue weighted by Gasteiger charge is -2.36. The summed E-state index contributed by atoms with van der Waals surface area (Å²) in [7, 11) is 0. The maximum atomic E-state index is 12.4. The summed E-state index contributed by atoms with van der Waals surface area (Å²) < 4.78 is 5.49. The molecule has 114 valence electrons. The Morgan fingerprint density at radius 2 is 2.10 bits per heavy atom. The van der Waals surface area contributed by atoms with Gasteiger partial charge in [0.1, 0.15) is 0 Å². The van der Waals surface area contributed by atoms with Crippen LogP contribution in [-0.4, -0.2) is 47.3 Å². The number of hydrogen-bond donors (Lipinski definition) is 2. The van der Waals surface area contributed by atoms with Crippen LogP contribution in [0.1, 0.15) is 29.8 Å². The molecular formula is C15H20N2O4. The van der Waals surface area contributed by atoms with Crippen molar-refractivity contribution < 1.29 is 19.4 Å². The number of urea groups is 1. The largest absolute Gasteiger partial charge is 0.478 e. The minimum absolute atomic E-state index is 0.0252. The molecule has 1 fully saturated rings. The summed E-state index contributed by atoms with van der Waals surface area (Å²) in [5, 5.41) is 12.0. The van der Waals surface area contributed by atoms with Crippen molar-refractivity contribution in [2.75, 3.05) is 18.5 Å². The Kier molecular flexibility index (Phi) is 4.47. The first-order valence-electron chi connectivity index (χ1n) is 6.92. The van der Waals surface area contributed by atoms with Gasteiger partial charge < -0.3 is 20.1 Å². The van der Waals surface area contributed by atoms with Gasteiger partial charge in [0.25, 0.3) is 0 Å². The lowest BCUT2D eigenvalue weighted by atomic mass is 10.1. The Balaban J connectivity index is 2.21. The van der Waals surface area contributed by atoms with Crippen LogP contribution < -0.4 is 5.32 Å². The van der Waals surface area contributed by atoms with Crippen molar-refractivity contribution in [3.05, 3.63) is 29.3 Å². The molecule has 6 heteroatoms. The summed E-state index contributed by atoms with van der Waals surface area (Å²) in [5.74, 6) is -1.06. The third-order valence-corrected chi connectivity index (χ3v) is 3.60. The van der Waals surface area contributed by atoms with Crippen LogP contribution in [0.15, 0.2) is 18.2 Å². The van der Waals surface area contributed by atoms with Crippen LogP contribution in [-0.2, 0) is 4.74 Å². The van der Waals surface area contributed by atoms with Gasteiger partial charge in [-0.15, -0.1) is 0 Å². The number of carbonyl (C=O) groups excluding carboxylic acids is 1. The first-order valence-corrected chi connectivity index (χ1v) is 6.92. The molecule has 0 aromatic heterocycles. The van der Waals surface area contributed by atoms with Crippen LogP contribution in [0.5, 0.6) is 0 Å². The number of aromatic carboxylic acids is 1. The van der Waals surface area contributed by atoms with Crippen molar-refractivity contribution >= 4 is 17.7 Å². The van der Waals surface area contributed by atoms with E-state index >= 15 is 0 Å². The highest BCUT2D eigenvalue weighted by atomic mass is 16.5. The molecule has 0 radical (unpaired) electrons. The van der Waals surface area contributed by atoms with Crippen LogP contribution in [0.3, 0.4) is 0 Å². The Bertz CT molecular complexity index is 559. The molecule has 0 aliphatic carbocycles. The highest BCUT2D eigenvalue weighted by Crippen LogP contribution is 2.22. The first kappa shape index (κ1) is 15.3. The van der Waals surface area contributed by atoms with Gasteiger partial charge in [0.15, 0.2) is 0 Å². The van der Waals surface area contributed by atoms with Crippen LogP contribution in [0.2, 0.25) is 0 Å². The van der Waals surface area contributed by atoms with Gasteiger partial charge in [0, 0.05) is 6.54 Å². The van der Waals surface area contributed by atoms with E-state index in [0.717, 1.165) is 5.56 Å². The third kappa shape index (κ3) is 3.33. The second kappa shape index (κ2) is 6.13. The highest BCUT2D eigenvalue weighted by molar-refractivity contribution is 6.01. The molecule has 1 aliphatic rings. The van der Waals surface area contributed by atoms with E-state index in [2.05, 4.69) is 5.32 Å². The Morgan fingerprint density at radius 1 is 1.38 bits per heavy atom. The zero-order valence-electron chi connectivity index (χ0n) is 12.4. The average molecular weight is 292 g/mol. The maximum Gasteiger partial charge on any atom is 0.337 e. The number of amides is 2. The molecule has 0 saturated carbocycles. The lowest BCUT2D eigenvalue weighted by molar-refractivity contribution is -0.0296. The van der Waals surface area contributed by atoms with Gasteiger partial charge in [0.2, 0.25) is 0 Å². The van der Waals surface area contributed by atoms with Crippen molar-refractivity contribution in [3.8, 4) is 0 Å². The van der Waals surface area contributed by atoms with E-state index < -0.39 is 5.97 Å². The quantitative estimate of drug-likeness (QED) is 0.877. The number of para-hydroxylation sites is 1. The first-order chi connectivity index (χ1) is 9.90. The molecule has 0 spiro atoms. The number of carboxylic acids is 1. The van der Waals surface area contributed by atoms with Gasteiger partial charge in [-0.05, 0) is 32.4 Å². The third-order valence-electron chi connectivity index (χ3n) is 3.60. The van der Waals surface area contributed by atoms with E-state index in [1.165, 1.54) is 6.07 Å². The fourth-order valence-electron chi connectivity index (χ4n) is 2.38. The number of nitrogens with one attached hydrogen (secondary N) is 1. The van der Waals surface area contributed by atoms with Crippen molar-refractivity contribution in [2.45, 2.75) is 32.9 Å². The number of rotatable bonds is 2. The van der Waals surface area contributed by atoms with Gasteiger partial charge in [-0.1, -0.05) is 12.1 Å². The fraction of sp³-hybridized carbons (Fsp3) is 0.467. The smallest absolute Gasteiger partial charge is 0.337 e. The number of carbonyl (C=O) groups is 2. The van der Waals surface area contributed by atoms with Gasteiger partial charge in [-0.2, -0.15) is 0 Å². The van der Waals surface area contributed by atoms with E-state index in [-0.39, 0.29) is 23.7 Å². The minimum Gasteiger partial charge on any atom is -0.478 e. The standard InChI is InChI=1S/C15H20N2O4/c1-9-5-4-6-12(14(18)19)13(9)16-15(20)17-7-11(3)21-8-10(17)2/h4-6,10-11H,7-8H2,1-3H3,(H,16,20)(H,18,19). The zero-order valence-corrected chi connectivity index (χ0v) is 12.4. The van der Waals surface area contributed by atoms with Crippen LogP contribution in [0, 0.1) is 6.92 Å². The van der Waals surface area contributed by atoms with Crippen LogP contribution in [0.25, 0.3) is 0 Å². The molecule has 1 aromatic rings. The average Bonchev–Trinajstić information content (AvgIpc) is 2.43. The molecule has 6 nitrogen and oxygen atoms in total. The Labute approximate surface area is 123 Å². The zero-order chi connectivity index (χ0) is 15.6. The summed E-state index contributed by atoms with van der Waals surface area (Å²) in [6, 6.07) is 4.57. The monoisotopic (exact) mass is 292 g/mol. The second-order valence-electron chi connectivity index (χ2n) is 5.38. The van der Waals surface area contributed by atoms with Crippen molar-refractivity contribution in [3.63, 3.8) is 0 Å². The minimum atomic E-state index is -1.06. The molecule has 2 atom stereocenters. The molecule has 21 heavy (non-hydrogen) atoms. The summed E-state index contributed by atoms with van der Waals surface area (Å²) in [5.41, 5.74) is 1.16. The summed E-state index contributed by atoms with van der Waals surface area (Å²) in [6.45, 7) is 6.55. The highest BCUT2D eigenvalue weighted by Gasteiger charge is 2.28. The number of benzene rings is 1. The molecule has 0 bridgehead atoms. The molecule has 2 N–H and O–H groups in total. The maximum absolute atomic E-state index is 12.4. The van der Waals surface area contributed by atoms with Crippen molar-refractivity contribution in [2.24, 2.45) is 0 Å². The van der Waals surface area contributed by atoms with E-state index in [4.69, 9.17) is 4.74 Å². The molecule has 1 aliphatic heterocycles. The number of carboxylic acid groups (broad SMARTS) is 1.